The number of hydrogen-bond acceptors (Lipinski definition) is 2. The van der Waals surface area contributed by atoms with Gasteiger partial charge in [0.2, 0.25) is 0 Å². The van der Waals surface area contributed by atoms with E-state index in [1.165, 1.54) is 0 Å². The summed E-state index contributed by atoms with van der Waals surface area (Å²) < 4.78 is 27.3. The van der Waals surface area contributed by atoms with Crippen molar-refractivity contribution in [2.24, 2.45) is 0 Å². The monoisotopic (exact) mass is 244 g/mol. The number of carbonyl (C=O) groups is 1. The lowest BCUT2D eigenvalue weighted by Gasteiger charge is -2.14. The van der Waals surface area contributed by atoms with E-state index in [2.05, 4.69) is 5.32 Å². The molecule has 6 heteroatoms. The summed E-state index contributed by atoms with van der Waals surface area (Å²) in [7, 11) is 0. The Morgan fingerprint density at radius 3 is 2.88 bits per heavy atom. The van der Waals surface area contributed by atoms with E-state index in [0.29, 0.717) is 11.7 Å². The second-order valence-corrected chi connectivity index (χ2v) is 4.23. The Hall–Kier alpha value is -1.43. The van der Waals surface area contributed by atoms with Crippen LogP contribution in [0.25, 0.3) is 0 Å². The third kappa shape index (κ3) is 2.82. The Kier molecular flexibility index (Phi) is 3.15. The van der Waals surface area contributed by atoms with Crippen LogP contribution in [0.5, 0.6) is 0 Å². The van der Waals surface area contributed by atoms with Gasteiger partial charge in [-0.2, -0.15) is 0 Å². The molecular formula is C11H14F2N2O2. The highest BCUT2D eigenvalue weighted by Gasteiger charge is 2.30. The predicted octanol–water partition coefficient (Wildman–Crippen LogP) is 1.18. The van der Waals surface area contributed by atoms with E-state index in [-0.39, 0.29) is 0 Å². The van der Waals surface area contributed by atoms with Gasteiger partial charge in [-0.1, -0.05) is 0 Å². The number of alkyl halides is 2. The number of rotatable bonds is 5. The third-order valence-corrected chi connectivity index (χ3v) is 2.69. The van der Waals surface area contributed by atoms with Crippen LogP contribution in [0.15, 0.2) is 18.3 Å². The molecule has 4 nitrogen and oxygen atoms in total. The van der Waals surface area contributed by atoms with Crippen molar-refractivity contribution in [3.05, 3.63) is 24.0 Å². The molecule has 0 bridgehead atoms. The van der Waals surface area contributed by atoms with Gasteiger partial charge in [0.1, 0.15) is 12.3 Å². The number of carbonyl (C=O) groups excluding carboxylic acids is 1. The average Bonchev–Trinajstić information content (AvgIpc) is 3.04. The fourth-order valence-corrected chi connectivity index (χ4v) is 1.61. The molecule has 2 N–H and O–H groups in total. The molecule has 1 aliphatic rings. The van der Waals surface area contributed by atoms with Gasteiger partial charge >= 0.3 is 0 Å². The topological polar surface area (TPSA) is 54.3 Å². The van der Waals surface area contributed by atoms with E-state index in [4.69, 9.17) is 5.11 Å². The van der Waals surface area contributed by atoms with Crippen LogP contribution < -0.4 is 5.32 Å². The molecule has 94 valence electrons. The zero-order chi connectivity index (χ0) is 12.5. The summed E-state index contributed by atoms with van der Waals surface area (Å²) in [6.07, 6.45) is 3.81. The number of nitrogens with one attached hydrogen (secondary N) is 1. The minimum absolute atomic E-state index is 0.323. The molecule has 1 aliphatic carbocycles. The highest BCUT2D eigenvalue weighted by Crippen LogP contribution is 2.35. The molecule has 0 unspecified atom stereocenters. The highest BCUT2D eigenvalue weighted by molar-refractivity contribution is 5.92. The molecule has 0 spiro atoms. The Bertz CT molecular complexity index is 413. The van der Waals surface area contributed by atoms with Crippen molar-refractivity contribution >= 4 is 5.91 Å². The van der Waals surface area contributed by atoms with Crippen LogP contribution in [0.1, 0.15) is 29.4 Å². The molecular weight excluding hydrogens is 230 g/mol. The van der Waals surface area contributed by atoms with Crippen LogP contribution in [0, 0.1) is 0 Å². The molecule has 1 amide bonds. The lowest BCUT2D eigenvalue weighted by molar-refractivity contribution is -0.0462. The van der Waals surface area contributed by atoms with Crippen molar-refractivity contribution in [3.63, 3.8) is 0 Å². The second-order valence-electron chi connectivity index (χ2n) is 4.23. The van der Waals surface area contributed by atoms with Gasteiger partial charge in [0, 0.05) is 12.2 Å². The zero-order valence-corrected chi connectivity index (χ0v) is 9.20. The van der Waals surface area contributed by atoms with Crippen molar-refractivity contribution in [1.82, 2.24) is 9.88 Å². The van der Waals surface area contributed by atoms with Crippen LogP contribution in [0.2, 0.25) is 0 Å². The van der Waals surface area contributed by atoms with Gasteiger partial charge in [-0.25, -0.2) is 8.78 Å². The fraction of sp³-hybridized carbons (Fsp3) is 0.545. The number of aliphatic hydroxyl groups excluding tert-OH is 1. The first-order valence-electron chi connectivity index (χ1n) is 5.47. The van der Waals surface area contributed by atoms with Gasteiger partial charge < -0.3 is 15.0 Å². The normalized spacial score (nSPS) is 15.9. The van der Waals surface area contributed by atoms with Crippen LogP contribution in [0.4, 0.5) is 8.78 Å². The average molecular weight is 244 g/mol. The Balaban J connectivity index is 1.97. The molecule has 1 saturated carbocycles. The molecule has 0 aliphatic heterocycles. The fourth-order valence-electron chi connectivity index (χ4n) is 1.61. The predicted molar refractivity (Wildman–Crippen MR) is 57.1 cm³/mol. The third-order valence-electron chi connectivity index (χ3n) is 2.69. The lowest BCUT2D eigenvalue weighted by atomic mass is 10.3. The van der Waals surface area contributed by atoms with Crippen molar-refractivity contribution in [1.29, 1.82) is 0 Å². The van der Waals surface area contributed by atoms with E-state index >= 15 is 0 Å². The van der Waals surface area contributed by atoms with Gasteiger partial charge in [0.05, 0.1) is 6.54 Å². The summed E-state index contributed by atoms with van der Waals surface area (Å²) in [5.41, 5.74) is 0.390. The summed E-state index contributed by atoms with van der Waals surface area (Å²) in [6, 6.07) is 3.64. The first kappa shape index (κ1) is 12.0. The van der Waals surface area contributed by atoms with Crippen molar-refractivity contribution < 1.29 is 18.7 Å². The van der Waals surface area contributed by atoms with Crippen molar-refractivity contribution in [2.75, 3.05) is 13.2 Å². The minimum atomic E-state index is -3.27. The van der Waals surface area contributed by atoms with Crippen LogP contribution in [0.3, 0.4) is 0 Å². The molecule has 1 aromatic rings. The maximum Gasteiger partial charge on any atom is 0.287 e. The summed E-state index contributed by atoms with van der Waals surface area (Å²) in [6.45, 7) is -2.12. The van der Waals surface area contributed by atoms with Gasteiger partial charge in [0.25, 0.3) is 11.8 Å². The Morgan fingerprint density at radius 2 is 2.29 bits per heavy atom. The number of aromatic nitrogens is 1. The quantitative estimate of drug-likeness (QED) is 0.817. The second kappa shape index (κ2) is 4.44. The first-order valence-corrected chi connectivity index (χ1v) is 5.47. The maximum absolute atomic E-state index is 12.8. The number of nitrogens with zero attached hydrogens (tertiary/aromatic N) is 1. The highest BCUT2D eigenvalue weighted by atomic mass is 19.3. The minimum Gasteiger partial charge on any atom is -0.390 e. The smallest absolute Gasteiger partial charge is 0.287 e. The molecule has 1 heterocycles. The van der Waals surface area contributed by atoms with E-state index in [9.17, 15) is 13.6 Å². The largest absolute Gasteiger partial charge is 0.390 e. The van der Waals surface area contributed by atoms with Crippen molar-refractivity contribution in [3.8, 4) is 0 Å². The maximum atomic E-state index is 12.8. The van der Waals surface area contributed by atoms with Crippen molar-refractivity contribution in [2.45, 2.75) is 24.8 Å². The first-order chi connectivity index (χ1) is 8.03. The lowest BCUT2D eigenvalue weighted by Crippen LogP contribution is -2.39. The van der Waals surface area contributed by atoms with Gasteiger partial charge in [-0.15, -0.1) is 0 Å². The molecule has 0 aromatic carbocycles. The van der Waals surface area contributed by atoms with E-state index in [1.807, 2.05) is 0 Å². The Morgan fingerprint density at radius 1 is 1.59 bits per heavy atom. The van der Waals surface area contributed by atoms with Crippen LogP contribution in [-0.4, -0.2) is 34.7 Å². The van der Waals surface area contributed by atoms with Gasteiger partial charge in [-0.05, 0) is 25.0 Å². The van der Waals surface area contributed by atoms with Crippen LogP contribution in [-0.2, 0) is 0 Å². The zero-order valence-electron chi connectivity index (χ0n) is 9.20. The van der Waals surface area contributed by atoms with E-state index in [0.717, 1.165) is 12.8 Å². The Labute approximate surface area is 97.2 Å². The van der Waals surface area contributed by atoms with E-state index in [1.54, 1.807) is 22.9 Å². The molecule has 0 radical (unpaired) electrons. The molecule has 17 heavy (non-hydrogen) atoms. The number of amides is 1. The standard InChI is InChI=1S/C11H14F2N2O2/c12-11(13,7-16)6-14-10(17)9-2-1-5-15(9)8-3-4-8/h1-2,5,8,16H,3-4,6-7H2,(H,14,17). The number of halogens is 2. The molecule has 0 saturated heterocycles. The molecule has 2 rings (SSSR count). The van der Waals surface area contributed by atoms with E-state index < -0.39 is 25.0 Å². The van der Waals surface area contributed by atoms with Crippen LogP contribution >= 0.6 is 0 Å². The molecule has 1 aromatic heterocycles. The molecule has 1 fully saturated rings. The summed E-state index contributed by atoms with van der Waals surface area (Å²) in [5.74, 6) is -3.80. The van der Waals surface area contributed by atoms with Gasteiger partial charge in [0.15, 0.2) is 0 Å². The number of hydrogen-bond donors (Lipinski definition) is 2. The SMILES string of the molecule is O=C(NCC(F)(F)CO)c1cccn1C1CC1. The molecule has 0 atom stereocenters. The number of aliphatic hydroxyl groups is 1. The van der Waals surface area contributed by atoms with Gasteiger partial charge in [-0.3, -0.25) is 4.79 Å². The summed E-state index contributed by atoms with van der Waals surface area (Å²) in [4.78, 5) is 11.7. The summed E-state index contributed by atoms with van der Waals surface area (Å²) in [5, 5.41) is 10.5. The summed E-state index contributed by atoms with van der Waals surface area (Å²) >= 11 is 0.